The van der Waals surface area contributed by atoms with Crippen LogP contribution in [0.4, 0.5) is 0 Å². The third-order valence-corrected chi connectivity index (χ3v) is 29.3. The highest BCUT2D eigenvalue weighted by atomic mass is 16.3. The van der Waals surface area contributed by atoms with Crippen molar-refractivity contribution < 1.29 is 17.7 Å². The van der Waals surface area contributed by atoms with E-state index in [-0.39, 0.29) is 0 Å². The minimum atomic E-state index is 0.925. The lowest BCUT2D eigenvalue weighted by Crippen LogP contribution is -1.93. The normalized spacial score (nSPS) is 11.7. The molecule has 0 spiro atoms. The molecule has 31 aromatic rings. The molecular weight excluding hydrogens is 1780 g/mol. The van der Waals surface area contributed by atoms with E-state index in [0.717, 1.165) is 121 Å². The summed E-state index contributed by atoms with van der Waals surface area (Å²) in [6.07, 6.45) is 0. The van der Waals surface area contributed by atoms with Crippen LogP contribution in [-0.4, -0.2) is 18.3 Å². The molecule has 0 amide bonds. The number of hydrogen-bond acceptors (Lipinski definition) is 4. The summed E-state index contributed by atoms with van der Waals surface area (Å²) in [7, 11) is 0. The van der Waals surface area contributed by atoms with Crippen molar-refractivity contribution in [3.63, 3.8) is 0 Å². The summed E-state index contributed by atoms with van der Waals surface area (Å²) in [5.41, 5.74) is 38.3. The zero-order valence-corrected chi connectivity index (χ0v) is 79.2. The molecule has 0 aliphatic rings. The Balaban J connectivity index is 0.0000000945. The third-order valence-electron chi connectivity index (χ3n) is 29.3. The summed E-state index contributed by atoms with van der Waals surface area (Å²) in [5.74, 6) is 0. The standard InChI is InChI=1S/3C36H23NO.C30H19NO/c1-4-13-33-29(8-1)30-9-2-5-14-34(30)37(33)27-22-20-25(21-23-27)24-16-18-26(19-17-24)28-11-7-12-32-31-10-3-6-15-35(31)38-36(28)32;2*1-2-9-27(10-3-1)37-33-15-6-4-11-29(33)30-22-21-26(23-34(30)37)24-17-19-25(20-18-24)28-13-8-14-32-31-12-5-7-16-35(31)38-36(28)32;1-2-8-22(9-3-1)31-27-12-6-4-10-23(27)24-16-14-21(19-28(24)31)20-15-17-30-26(18-20)25-11-5-7-13-29(25)32-30/h3*1-23H;1-19H. The number of benzene rings is 23. The highest BCUT2D eigenvalue weighted by Gasteiger charge is 2.23. The number of fused-ring (bicyclic) bond motifs is 24. The molecule has 31 rings (SSSR count). The lowest BCUT2D eigenvalue weighted by molar-refractivity contribution is 0.669. The van der Waals surface area contributed by atoms with Crippen LogP contribution in [0, 0.1) is 0 Å². The summed E-state index contributed by atoms with van der Waals surface area (Å²) < 4.78 is 34.3. The van der Waals surface area contributed by atoms with Crippen LogP contribution < -0.4 is 0 Å². The topological polar surface area (TPSA) is 72.3 Å². The van der Waals surface area contributed by atoms with E-state index >= 15 is 0 Å². The van der Waals surface area contributed by atoms with Crippen LogP contribution >= 0.6 is 0 Å². The molecule has 684 valence electrons. The summed E-state index contributed by atoms with van der Waals surface area (Å²) >= 11 is 0. The smallest absolute Gasteiger partial charge is 0.143 e. The van der Waals surface area contributed by atoms with Crippen molar-refractivity contribution in [2.24, 2.45) is 0 Å². The van der Waals surface area contributed by atoms with Crippen molar-refractivity contribution in [1.82, 2.24) is 18.3 Å². The fourth-order valence-corrected chi connectivity index (χ4v) is 22.4. The van der Waals surface area contributed by atoms with Crippen molar-refractivity contribution in [3.05, 3.63) is 534 Å². The molecule has 8 heterocycles. The van der Waals surface area contributed by atoms with Crippen LogP contribution in [0.15, 0.2) is 552 Å². The second kappa shape index (κ2) is 35.4. The monoisotopic (exact) mass is 1860 g/mol. The van der Waals surface area contributed by atoms with E-state index < -0.39 is 0 Å². The maximum Gasteiger partial charge on any atom is 0.143 e. The SMILES string of the molecule is c1ccc(-n2c3ccccc3c3ccc(-c4ccc(-c5cccc6c5oc5ccccc56)cc4)cc32)cc1.c1ccc(-n2c3ccccc3c3ccc(-c4ccc(-c5cccc6c5oc5ccccc56)cc4)cc32)cc1.c1ccc(-n2c3ccccc3c3ccc(-c4ccc5oc6ccccc6c5c4)cc32)cc1.c1ccc2c(c1)oc1c(-c3ccc(-c4ccc(-n5c6ccccc6c6ccccc65)cc4)cc3)cccc12. The fraction of sp³-hybridized carbons (Fsp3) is 0. The first-order valence-corrected chi connectivity index (χ1v) is 49.7. The molecule has 0 unspecified atom stereocenters. The van der Waals surface area contributed by atoms with Gasteiger partial charge in [-0.05, 0) is 195 Å². The third kappa shape index (κ3) is 14.5. The first kappa shape index (κ1) is 84.5. The maximum atomic E-state index is 6.28. The minimum absolute atomic E-state index is 0.925. The number of furan rings is 4. The lowest BCUT2D eigenvalue weighted by atomic mass is 9.98. The molecule has 8 nitrogen and oxygen atoms in total. The van der Waals surface area contributed by atoms with Gasteiger partial charge >= 0.3 is 0 Å². The zero-order valence-electron chi connectivity index (χ0n) is 79.2. The molecule has 0 bridgehead atoms. The average molecular weight is 1870 g/mol. The van der Waals surface area contributed by atoms with E-state index in [1.807, 2.05) is 48.5 Å². The van der Waals surface area contributed by atoms with Crippen LogP contribution in [-0.2, 0) is 0 Å². The molecule has 8 heteroatoms. The second-order valence-corrected chi connectivity index (χ2v) is 37.6. The fourth-order valence-electron chi connectivity index (χ4n) is 22.4. The molecule has 0 saturated carbocycles. The molecule has 0 atom stereocenters. The van der Waals surface area contributed by atoms with Gasteiger partial charge in [-0.3, -0.25) is 0 Å². The van der Waals surface area contributed by atoms with Gasteiger partial charge in [-0.1, -0.05) is 400 Å². The maximum absolute atomic E-state index is 6.28. The van der Waals surface area contributed by atoms with E-state index in [2.05, 4.69) is 504 Å². The molecule has 0 radical (unpaired) electrons. The van der Waals surface area contributed by atoms with Crippen molar-refractivity contribution in [1.29, 1.82) is 0 Å². The molecule has 0 aliphatic heterocycles. The lowest BCUT2D eigenvalue weighted by Gasteiger charge is -2.10. The average Bonchev–Trinajstić information content (AvgIpc) is 1.60. The van der Waals surface area contributed by atoms with Crippen LogP contribution in [0.25, 0.3) is 276 Å². The van der Waals surface area contributed by atoms with E-state index in [1.54, 1.807) is 0 Å². The van der Waals surface area contributed by atoms with E-state index in [9.17, 15) is 0 Å². The summed E-state index contributed by atoms with van der Waals surface area (Å²) in [4.78, 5) is 0. The van der Waals surface area contributed by atoms with E-state index in [0.29, 0.717) is 0 Å². The van der Waals surface area contributed by atoms with Gasteiger partial charge in [-0.2, -0.15) is 0 Å². The van der Waals surface area contributed by atoms with Crippen molar-refractivity contribution in [3.8, 4) is 101 Å². The first-order valence-electron chi connectivity index (χ1n) is 49.7. The van der Waals surface area contributed by atoms with Crippen molar-refractivity contribution in [2.75, 3.05) is 0 Å². The predicted molar refractivity (Wildman–Crippen MR) is 610 cm³/mol. The number of aromatic nitrogens is 4. The van der Waals surface area contributed by atoms with Gasteiger partial charge in [0.25, 0.3) is 0 Å². The Bertz CT molecular complexity index is 10100. The van der Waals surface area contributed by atoms with Crippen LogP contribution in [0.3, 0.4) is 0 Å². The summed E-state index contributed by atoms with van der Waals surface area (Å²) in [6.45, 7) is 0. The van der Waals surface area contributed by atoms with Crippen LogP contribution in [0.1, 0.15) is 0 Å². The number of para-hydroxylation sites is 15. The highest BCUT2D eigenvalue weighted by molar-refractivity contribution is 6.17. The van der Waals surface area contributed by atoms with E-state index in [1.165, 1.54) is 154 Å². The van der Waals surface area contributed by atoms with Gasteiger partial charge in [0.05, 0.1) is 44.1 Å². The van der Waals surface area contributed by atoms with E-state index in [4.69, 9.17) is 17.7 Å². The van der Waals surface area contributed by atoms with Crippen LogP contribution in [0.5, 0.6) is 0 Å². The van der Waals surface area contributed by atoms with Gasteiger partial charge in [0.2, 0.25) is 0 Å². The Morgan fingerprint density at radius 3 is 0.644 bits per heavy atom. The number of rotatable bonds is 11. The Labute approximate surface area is 839 Å². The Morgan fingerprint density at radius 2 is 0.315 bits per heavy atom. The Kier molecular flexibility index (Phi) is 20.5. The quantitative estimate of drug-likeness (QED) is 0.129. The second-order valence-electron chi connectivity index (χ2n) is 37.6. The first-order chi connectivity index (χ1) is 72.4. The van der Waals surface area contributed by atoms with Gasteiger partial charge in [0.1, 0.15) is 44.7 Å². The van der Waals surface area contributed by atoms with Gasteiger partial charge in [-0.15, -0.1) is 0 Å². The molecule has 8 aromatic heterocycles. The van der Waals surface area contributed by atoms with Gasteiger partial charge in [0, 0.05) is 126 Å². The van der Waals surface area contributed by atoms with Crippen molar-refractivity contribution >= 4 is 175 Å². The Hall–Kier alpha value is -19.5. The molecule has 146 heavy (non-hydrogen) atoms. The van der Waals surface area contributed by atoms with Gasteiger partial charge in [0.15, 0.2) is 0 Å². The molecular formula is C138H88N4O4. The molecule has 0 saturated heterocycles. The zero-order chi connectivity index (χ0) is 96.2. The Morgan fingerprint density at radius 1 is 0.110 bits per heavy atom. The summed E-state index contributed by atoms with van der Waals surface area (Å²) in [6, 6.07) is 189. The van der Waals surface area contributed by atoms with Crippen LogP contribution in [0.2, 0.25) is 0 Å². The highest BCUT2D eigenvalue weighted by Crippen LogP contribution is 2.46. The van der Waals surface area contributed by atoms with Crippen molar-refractivity contribution in [2.45, 2.75) is 0 Å². The van der Waals surface area contributed by atoms with Gasteiger partial charge in [-0.25, -0.2) is 0 Å². The minimum Gasteiger partial charge on any atom is -0.456 e. The predicted octanol–water partition coefficient (Wildman–Crippen LogP) is 38.4. The van der Waals surface area contributed by atoms with Gasteiger partial charge < -0.3 is 35.9 Å². The largest absolute Gasteiger partial charge is 0.456 e. The molecule has 23 aromatic carbocycles. The molecule has 0 aliphatic carbocycles. The summed E-state index contributed by atoms with van der Waals surface area (Å²) in [5, 5.41) is 19.4. The number of nitrogens with zero attached hydrogens (tertiary/aromatic N) is 4. The molecule has 0 fully saturated rings. The molecule has 0 N–H and O–H groups in total. The number of hydrogen-bond donors (Lipinski definition) is 0.